The Bertz CT molecular complexity index is 771. The molecule has 7 nitrogen and oxygen atoms in total. The van der Waals surface area contributed by atoms with Crippen LogP contribution in [0, 0.1) is 0 Å². The van der Waals surface area contributed by atoms with Crippen molar-refractivity contribution in [3.8, 4) is 0 Å². The zero-order chi connectivity index (χ0) is 11.8. The highest BCUT2D eigenvalue weighted by molar-refractivity contribution is 6.37. The van der Waals surface area contributed by atoms with Gasteiger partial charge in [-0.25, -0.2) is 0 Å². The summed E-state index contributed by atoms with van der Waals surface area (Å²) in [5.41, 5.74) is 10.0. The van der Waals surface area contributed by atoms with E-state index in [2.05, 4.69) is 25.6 Å². The van der Waals surface area contributed by atoms with Crippen LogP contribution in [-0.4, -0.2) is 20.0 Å². The number of aromatic nitrogens is 4. The smallest absolute Gasteiger partial charge is 0.191 e. The highest BCUT2D eigenvalue weighted by atomic mass is 35.5. The van der Waals surface area contributed by atoms with Gasteiger partial charge in [0.2, 0.25) is 0 Å². The maximum Gasteiger partial charge on any atom is 0.198 e. The fraction of sp³-hybridized carbons (Fsp3) is 0. The maximum atomic E-state index is 8.57. The number of rotatable bonds is 1. The number of tetrazole rings is 1. The number of fused-ring (bicyclic) bond motifs is 3. The fourth-order valence-corrected chi connectivity index (χ4v) is 1.97. The van der Waals surface area contributed by atoms with Crippen LogP contribution in [0.15, 0.2) is 29.4 Å². The second kappa shape index (κ2) is 3.58. The highest BCUT2D eigenvalue weighted by Crippen LogP contribution is 2.35. The summed E-state index contributed by atoms with van der Waals surface area (Å²) in [6.07, 6.45) is 0. The molecule has 8 heteroatoms. The first-order chi connectivity index (χ1) is 8.33. The van der Waals surface area contributed by atoms with Crippen molar-refractivity contribution in [1.29, 1.82) is 0 Å². The first kappa shape index (κ1) is 9.83. The van der Waals surface area contributed by atoms with Gasteiger partial charge in [0, 0.05) is 10.3 Å². The van der Waals surface area contributed by atoms with E-state index in [0.29, 0.717) is 16.7 Å². The molecule has 0 saturated carbocycles. The molecule has 2 aromatic heterocycles. The van der Waals surface area contributed by atoms with Crippen molar-refractivity contribution in [2.24, 2.45) is 5.11 Å². The predicted molar refractivity (Wildman–Crippen MR) is 62.1 cm³/mol. The molecule has 0 aliphatic heterocycles. The standard InChI is InChI=1S/C9H4ClN7/c10-7-8(12-14-11)5-3-1-2-4-6(5)17-9(7)13-15-16-17/h1-4H. The molecule has 0 amide bonds. The summed E-state index contributed by atoms with van der Waals surface area (Å²) < 4.78 is 1.51. The number of halogens is 1. The first-order valence-corrected chi connectivity index (χ1v) is 5.04. The summed E-state index contributed by atoms with van der Waals surface area (Å²) in [6.45, 7) is 0. The van der Waals surface area contributed by atoms with E-state index in [1.54, 1.807) is 6.07 Å². The fourth-order valence-electron chi connectivity index (χ4n) is 1.71. The molecule has 0 atom stereocenters. The molecule has 82 valence electrons. The van der Waals surface area contributed by atoms with E-state index in [9.17, 15) is 0 Å². The van der Waals surface area contributed by atoms with E-state index in [-0.39, 0.29) is 5.02 Å². The molecule has 0 aliphatic rings. The van der Waals surface area contributed by atoms with Gasteiger partial charge in [0.05, 0.1) is 16.2 Å². The Labute approximate surface area is 99.2 Å². The minimum atomic E-state index is 0.242. The first-order valence-electron chi connectivity index (χ1n) is 4.66. The molecular weight excluding hydrogens is 242 g/mol. The molecule has 0 radical (unpaired) electrons. The van der Waals surface area contributed by atoms with Crippen molar-refractivity contribution in [3.63, 3.8) is 0 Å². The van der Waals surface area contributed by atoms with Gasteiger partial charge in [0.15, 0.2) is 5.65 Å². The summed E-state index contributed by atoms with van der Waals surface area (Å²) in [7, 11) is 0. The third-order valence-corrected chi connectivity index (χ3v) is 2.75. The molecule has 3 rings (SSSR count). The van der Waals surface area contributed by atoms with Crippen LogP contribution in [-0.2, 0) is 0 Å². The van der Waals surface area contributed by atoms with Gasteiger partial charge in [-0.1, -0.05) is 34.9 Å². The Balaban J connectivity index is 2.66. The minimum Gasteiger partial charge on any atom is -0.191 e. The molecule has 2 heterocycles. The molecule has 0 fully saturated rings. The lowest BCUT2D eigenvalue weighted by molar-refractivity contribution is 0.842. The van der Waals surface area contributed by atoms with Crippen molar-refractivity contribution in [1.82, 2.24) is 20.0 Å². The van der Waals surface area contributed by atoms with Crippen molar-refractivity contribution in [3.05, 3.63) is 39.7 Å². The summed E-state index contributed by atoms with van der Waals surface area (Å²) in [5.74, 6) is 0. The number of pyridine rings is 1. The summed E-state index contributed by atoms with van der Waals surface area (Å²) in [5, 5.41) is 15.8. The molecule has 0 bridgehead atoms. The topological polar surface area (TPSA) is 91.8 Å². The van der Waals surface area contributed by atoms with Gasteiger partial charge in [-0.05, 0) is 22.0 Å². The molecule has 0 aliphatic carbocycles. The predicted octanol–water partition coefficient (Wildman–Crippen LogP) is 2.87. The largest absolute Gasteiger partial charge is 0.198 e. The van der Waals surface area contributed by atoms with E-state index in [4.69, 9.17) is 17.1 Å². The third kappa shape index (κ3) is 1.30. The van der Waals surface area contributed by atoms with Crippen LogP contribution in [0.4, 0.5) is 5.69 Å². The van der Waals surface area contributed by atoms with Gasteiger partial charge in [-0.2, -0.15) is 4.52 Å². The van der Waals surface area contributed by atoms with E-state index >= 15 is 0 Å². The van der Waals surface area contributed by atoms with Gasteiger partial charge >= 0.3 is 0 Å². The Kier molecular flexibility index (Phi) is 2.07. The Morgan fingerprint density at radius 1 is 1.35 bits per heavy atom. The number of hydrogen-bond donors (Lipinski definition) is 0. The average Bonchev–Trinajstić information content (AvgIpc) is 2.84. The number of nitrogens with zero attached hydrogens (tertiary/aromatic N) is 7. The van der Waals surface area contributed by atoms with Crippen molar-refractivity contribution in [2.75, 3.05) is 0 Å². The Hall–Kier alpha value is -2.37. The molecule has 0 saturated heterocycles. The number of para-hydroxylation sites is 1. The molecule has 17 heavy (non-hydrogen) atoms. The number of benzene rings is 1. The molecular formula is C9H4ClN7. The zero-order valence-corrected chi connectivity index (χ0v) is 9.07. The zero-order valence-electron chi connectivity index (χ0n) is 8.32. The molecule has 3 aromatic rings. The second-order valence-corrected chi connectivity index (χ2v) is 3.66. The molecule has 0 unspecified atom stereocenters. The van der Waals surface area contributed by atoms with Crippen molar-refractivity contribution < 1.29 is 0 Å². The molecule has 1 aromatic carbocycles. The van der Waals surface area contributed by atoms with Crippen LogP contribution in [0.5, 0.6) is 0 Å². The van der Waals surface area contributed by atoms with Crippen LogP contribution in [0.2, 0.25) is 5.02 Å². The molecule has 0 N–H and O–H groups in total. The van der Waals surface area contributed by atoms with Crippen LogP contribution >= 0.6 is 11.6 Å². The van der Waals surface area contributed by atoms with E-state index < -0.39 is 0 Å². The van der Waals surface area contributed by atoms with Gasteiger partial charge in [0.1, 0.15) is 0 Å². The number of azide groups is 1. The monoisotopic (exact) mass is 245 g/mol. The maximum absolute atomic E-state index is 8.57. The van der Waals surface area contributed by atoms with Crippen LogP contribution in [0.25, 0.3) is 27.0 Å². The van der Waals surface area contributed by atoms with Gasteiger partial charge in [-0.15, -0.1) is 5.10 Å². The van der Waals surface area contributed by atoms with E-state index in [1.165, 1.54) is 4.52 Å². The Morgan fingerprint density at radius 3 is 3.00 bits per heavy atom. The summed E-state index contributed by atoms with van der Waals surface area (Å²) >= 11 is 6.11. The van der Waals surface area contributed by atoms with Gasteiger partial charge < -0.3 is 0 Å². The SMILES string of the molecule is [N-]=[N+]=Nc1c(Cl)c2nnnn2c2ccccc12. The normalized spacial score (nSPS) is 10.6. The Morgan fingerprint density at radius 2 is 2.18 bits per heavy atom. The van der Waals surface area contributed by atoms with Crippen LogP contribution < -0.4 is 0 Å². The summed E-state index contributed by atoms with van der Waals surface area (Å²) in [6, 6.07) is 7.29. The average molecular weight is 246 g/mol. The van der Waals surface area contributed by atoms with Crippen molar-refractivity contribution in [2.45, 2.75) is 0 Å². The lowest BCUT2D eigenvalue weighted by Gasteiger charge is -2.05. The quantitative estimate of drug-likeness (QED) is 0.375. The van der Waals surface area contributed by atoms with E-state index in [1.807, 2.05) is 18.2 Å². The highest BCUT2D eigenvalue weighted by Gasteiger charge is 2.13. The third-order valence-electron chi connectivity index (χ3n) is 2.41. The van der Waals surface area contributed by atoms with Crippen LogP contribution in [0.3, 0.4) is 0 Å². The second-order valence-electron chi connectivity index (χ2n) is 3.28. The molecule has 0 spiro atoms. The van der Waals surface area contributed by atoms with Gasteiger partial charge in [-0.3, -0.25) is 0 Å². The van der Waals surface area contributed by atoms with Crippen molar-refractivity contribution >= 4 is 33.8 Å². The summed E-state index contributed by atoms with van der Waals surface area (Å²) in [4.78, 5) is 2.77. The lowest BCUT2D eigenvalue weighted by atomic mass is 10.2. The minimum absolute atomic E-state index is 0.242. The lowest BCUT2D eigenvalue weighted by Crippen LogP contribution is -1.92. The van der Waals surface area contributed by atoms with Crippen LogP contribution in [0.1, 0.15) is 0 Å². The van der Waals surface area contributed by atoms with E-state index in [0.717, 1.165) is 5.52 Å². The number of hydrogen-bond acceptors (Lipinski definition) is 4. The van der Waals surface area contributed by atoms with Gasteiger partial charge in [0.25, 0.3) is 0 Å².